The molecule has 5 nitrogen and oxygen atoms in total. The van der Waals surface area contributed by atoms with E-state index in [2.05, 4.69) is 71.6 Å². The summed E-state index contributed by atoms with van der Waals surface area (Å²) in [5.74, 6) is 0.709. The Morgan fingerprint density at radius 3 is 2.18 bits per heavy atom. The van der Waals surface area contributed by atoms with E-state index in [9.17, 15) is 4.79 Å². The van der Waals surface area contributed by atoms with Crippen LogP contribution in [0, 0.1) is 20.8 Å². The monoisotopic (exact) mass is 478 g/mol. The lowest BCUT2D eigenvalue weighted by molar-refractivity contribution is 0.185. The number of benzene rings is 2. The van der Waals surface area contributed by atoms with Crippen LogP contribution in [-0.2, 0) is 19.4 Å². The fourth-order valence-electron chi connectivity index (χ4n) is 4.38. The minimum Gasteiger partial charge on any atom is -0.317 e. The Labute approximate surface area is 204 Å². The van der Waals surface area contributed by atoms with Crippen molar-refractivity contribution in [1.82, 2.24) is 14.9 Å². The second-order valence-corrected chi connectivity index (χ2v) is 10.1. The number of amides is 2. The molecule has 0 spiro atoms. The van der Waals surface area contributed by atoms with Crippen molar-refractivity contribution >= 4 is 35.2 Å². The lowest BCUT2D eigenvalue weighted by atomic mass is 10.0. The number of hydrogen-bond acceptors (Lipinski definition) is 5. The summed E-state index contributed by atoms with van der Waals surface area (Å²) >= 11 is 3.05. The predicted octanol–water partition coefficient (Wildman–Crippen LogP) is 6.05. The Kier molecular flexibility index (Phi) is 7.29. The highest BCUT2D eigenvalue weighted by Crippen LogP contribution is 2.33. The maximum Gasteiger partial charge on any atom is 0.322 e. The third-order valence-electron chi connectivity index (χ3n) is 6.15. The first kappa shape index (κ1) is 23.6. The van der Waals surface area contributed by atoms with Gasteiger partial charge < -0.3 is 10.2 Å². The fraction of sp³-hybridized carbons (Fsp3) is 0.346. The number of anilines is 1. The van der Waals surface area contributed by atoms with Crippen molar-refractivity contribution in [3.63, 3.8) is 0 Å². The van der Waals surface area contributed by atoms with Crippen LogP contribution in [0.15, 0.2) is 52.5 Å². The first-order chi connectivity index (χ1) is 15.9. The summed E-state index contributed by atoms with van der Waals surface area (Å²) in [6.07, 6.45) is 5.68. The summed E-state index contributed by atoms with van der Waals surface area (Å²) < 4.78 is 0. The van der Waals surface area contributed by atoms with Crippen LogP contribution >= 0.6 is 23.5 Å². The second-order valence-electron chi connectivity index (χ2n) is 8.48. The van der Waals surface area contributed by atoms with Crippen LogP contribution in [0.25, 0.3) is 0 Å². The number of carbonyl (C=O) groups is 1. The first-order valence-corrected chi connectivity index (χ1v) is 13.5. The van der Waals surface area contributed by atoms with Gasteiger partial charge in [0.15, 0.2) is 0 Å². The third kappa shape index (κ3) is 5.20. The van der Waals surface area contributed by atoms with Crippen LogP contribution < -0.4 is 5.32 Å². The maximum absolute atomic E-state index is 13.8. The molecule has 7 heteroatoms. The molecule has 0 bridgehead atoms. The number of urea groups is 1. The highest BCUT2D eigenvalue weighted by Gasteiger charge is 2.31. The number of aryl methyl sites for hydroxylation is 3. The molecule has 0 fully saturated rings. The zero-order valence-electron chi connectivity index (χ0n) is 19.8. The molecule has 2 aromatic carbocycles. The molecule has 0 radical (unpaired) electrons. The van der Waals surface area contributed by atoms with Crippen LogP contribution in [0.3, 0.4) is 0 Å². The largest absolute Gasteiger partial charge is 0.322 e. The van der Waals surface area contributed by atoms with Gasteiger partial charge in [-0.15, -0.1) is 23.5 Å². The smallest absolute Gasteiger partial charge is 0.317 e. The van der Waals surface area contributed by atoms with Gasteiger partial charge in [0, 0.05) is 12.6 Å². The number of fused-ring (bicyclic) bond motifs is 1. The SMILES string of the molecule is CSc1nc(C)nc(SC)c1NC(=O)N(Cc1cc(C)ccc1C)C1Cc2ccccc2C1. The summed E-state index contributed by atoms with van der Waals surface area (Å²) in [6, 6.07) is 14.9. The van der Waals surface area contributed by atoms with Gasteiger partial charge in [-0.3, -0.25) is 0 Å². The van der Waals surface area contributed by atoms with Gasteiger partial charge in [0.25, 0.3) is 0 Å². The van der Waals surface area contributed by atoms with Crippen molar-refractivity contribution in [2.75, 3.05) is 17.8 Å². The summed E-state index contributed by atoms with van der Waals surface area (Å²) in [7, 11) is 0. The number of carbonyl (C=O) groups excluding carboxylic acids is 1. The minimum atomic E-state index is -0.105. The molecule has 3 aromatic rings. The average molecular weight is 479 g/mol. The molecule has 0 aliphatic heterocycles. The molecule has 0 saturated heterocycles. The molecule has 33 heavy (non-hydrogen) atoms. The minimum absolute atomic E-state index is 0.101. The number of nitrogens with zero attached hydrogens (tertiary/aromatic N) is 3. The van der Waals surface area contributed by atoms with Crippen LogP contribution in [0.4, 0.5) is 10.5 Å². The number of hydrogen-bond donors (Lipinski definition) is 1. The molecule has 2 amide bonds. The summed E-state index contributed by atoms with van der Waals surface area (Å²) in [6.45, 7) is 6.65. The summed E-state index contributed by atoms with van der Waals surface area (Å²) in [5.41, 5.74) is 6.93. The molecule has 0 atom stereocenters. The molecule has 1 heterocycles. The van der Waals surface area contributed by atoms with Gasteiger partial charge in [0.2, 0.25) is 0 Å². The van der Waals surface area contributed by atoms with Crippen molar-refractivity contribution in [3.8, 4) is 0 Å². The van der Waals surface area contributed by atoms with Gasteiger partial charge in [0.1, 0.15) is 21.6 Å². The maximum atomic E-state index is 13.8. The highest BCUT2D eigenvalue weighted by atomic mass is 32.2. The molecular formula is C26H30N4OS2. The molecule has 0 saturated carbocycles. The zero-order chi connectivity index (χ0) is 23.5. The van der Waals surface area contributed by atoms with Gasteiger partial charge in [-0.2, -0.15) is 0 Å². The van der Waals surface area contributed by atoms with Crippen molar-refractivity contribution in [3.05, 3.63) is 76.1 Å². The quantitative estimate of drug-likeness (QED) is 0.345. The van der Waals surface area contributed by atoms with Crippen LogP contribution in [0.1, 0.15) is 33.6 Å². The highest BCUT2D eigenvalue weighted by molar-refractivity contribution is 7.99. The fourth-order valence-corrected chi connectivity index (χ4v) is 5.60. The van der Waals surface area contributed by atoms with Crippen LogP contribution in [0.5, 0.6) is 0 Å². The Balaban J connectivity index is 1.68. The Morgan fingerprint density at radius 1 is 1.00 bits per heavy atom. The molecule has 1 N–H and O–H groups in total. The standard InChI is InChI=1S/C26H30N4OS2/c1-16-10-11-17(2)21(12-16)15-30(22-13-19-8-6-7-9-20(19)14-22)26(31)29-23-24(32-4)27-18(3)28-25(23)33-5/h6-12,22H,13-15H2,1-5H3,(H,29,31). The van der Waals surface area contributed by atoms with E-state index in [4.69, 9.17) is 0 Å². The number of nitrogens with one attached hydrogen (secondary N) is 1. The Bertz CT molecular complexity index is 1130. The number of thioether (sulfide) groups is 2. The predicted molar refractivity (Wildman–Crippen MR) is 138 cm³/mol. The van der Waals surface area contributed by atoms with Crippen molar-refractivity contribution in [2.24, 2.45) is 0 Å². The Morgan fingerprint density at radius 2 is 1.61 bits per heavy atom. The second kappa shape index (κ2) is 10.2. The molecule has 1 aliphatic rings. The molecule has 1 aliphatic carbocycles. The van der Waals surface area contributed by atoms with Crippen molar-refractivity contribution in [2.45, 2.75) is 56.3 Å². The van der Waals surface area contributed by atoms with Gasteiger partial charge in [-0.25, -0.2) is 14.8 Å². The lowest BCUT2D eigenvalue weighted by Crippen LogP contribution is -2.43. The topological polar surface area (TPSA) is 58.1 Å². The average Bonchev–Trinajstić information content (AvgIpc) is 3.24. The number of rotatable bonds is 6. The van der Waals surface area contributed by atoms with E-state index in [0.29, 0.717) is 18.1 Å². The van der Waals surface area contributed by atoms with E-state index in [1.54, 1.807) is 0 Å². The number of aromatic nitrogens is 2. The van der Waals surface area contributed by atoms with E-state index < -0.39 is 0 Å². The van der Waals surface area contributed by atoms with Gasteiger partial charge >= 0.3 is 6.03 Å². The molecule has 4 rings (SSSR count). The van der Waals surface area contributed by atoms with Crippen LogP contribution in [-0.4, -0.2) is 39.5 Å². The molecule has 172 valence electrons. The van der Waals surface area contributed by atoms with E-state index in [1.807, 2.05) is 24.3 Å². The first-order valence-electron chi connectivity index (χ1n) is 11.1. The van der Waals surface area contributed by atoms with E-state index >= 15 is 0 Å². The van der Waals surface area contributed by atoms with Gasteiger partial charge in [-0.1, -0.05) is 48.0 Å². The summed E-state index contributed by atoms with van der Waals surface area (Å²) in [5, 5.41) is 4.77. The van der Waals surface area contributed by atoms with E-state index in [1.165, 1.54) is 51.3 Å². The van der Waals surface area contributed by atoms with Gasteiger partial charge in [-0.05, 0) is 68.4 Å². The molecular weight excluding hydrogens is 448 g/mol. The van der Waals surface area contributed by atoms with E-state index in [-0.39, 0.29) is 12.1 Å². The zero-order valence-corrected chi connectivity index (χ0v) is 21.4. The van der Waals surface area contributed by atoms with Crippen LogP contribution in [0.2, 0.25) is 0 Å². The van der Waals surface area contributed by atoms with E-state index in [0.717, 1.165) is 22.9 Å². The normalized spacial score (nSPS) is 13.1. The third-order valence-corrected chi connectivity index (χ3v) is 7.51. The van der Waals surface area contributed by atoms with Crippen molar-refractivity contribution in [1.29, 1.82) is 0 Å². The summed E-state index contributed by atoms with van der Waals surface area (Å²) in [4.78, 5) is 24.9. The Hall–Kier alpha value is -2.51. The van der Waals surface area contributed by atoms with Gasteiger partial charge in [0.05, 0.1) is 0 Å². The molecule has 1 aromatic heterocycles. The molecule has 0 unspecified atom stereocenters. The van der Waals surface area contributed by atoms with Crippen molar-refractivity contribution < 1.29 is 4.79 Å². The lowest BCUT2D eigenvalue weighted by Gasteiger charge is -2.30.